The lowest BCUT2D eigenvalue weighted by Gasteiger charge is -2.21. The Morgan fingerprint density at radius 3 is 2.43 bits per heavy atom. The number of amides is 1. The summed E-state index contributed by atoms with van der Waals surface area (Å²) in [5.41, 5.74) is 7.29. The van der Waals surface area contributed by atoms with Crippen molar-refractivity contribution in [2.75, 3.05) is 18.8 Å². The van der Waals surface area contributed by atoms with E-state index in [1.165, 1.54) is 0 Å². The van der Waals surface area contributed by atoms with Crippen molar-refractivity contribution in [1.29, 1.82) is 0 Å². The van der Waals surface area contributed by atoms with E-state index in [4.69, 9.17) is 10.5 Å². The van der Waals surface area contributed by atoms with Gasteiger partial charge in [-0.25, -0.2) is 9.97 Å². The molecule has 0 saturated carbocycles. The number of rotatable bonds is 6. The molecule has 1 aromatic heterocycles. The van der Waals surface area contributed by atoms with E-state index in [0.717, 1.165) is 0 Å². The molecule has 2 aromatic rings. The van der Waals surface area contributed by atoms with Crippen LogP contribution in [-0.2, 0) is 6.61 Å². The Morgan fingerprint density at radius 2 is 1.83 bits per heavy atom. The molecule has 6 heteroatoms. The zero-order chi connectivity index (χ0) is 16.8. The molecule has 0 saturated heterocycles. The smallest absolute Gasteiger partial charge is 0.257 e. The summed E-state index contributed by atoms with van der Waals surface area (Å²) in [6.07, 6.45) is 0. The molecule has 0 aliphatic rings. The number of carbonyl (C=O) groups is 1. The summed E-state index contributed by atoms with van der Waals surface area (Å²) in [5, 5.41) is 0. The zero-order valence-corrected chi connectivity index (χ0v) is 13.7. The topological polar surface area (TPSA) is 81.3 Å². The lowest BCUT2D eigenvalue weighted by Crippen LogP contribution is -2.32. The number of aromatic nitrogens is 2. The van der Waals surface area contributed by atoms with Crippen molar-refractivity contribution in [2.45, 2.75) is 27.4 Å². The number of anilines is 1. The summed E-state index contributed by atoms with van der Waals surface area (Å²) in [6, 6.07) is 9.38. The maximum Gasteiger partial charge on any atom is 0.257 e. The number of hydrogen-bond acceptors (Lipinski definition) is 5. The fraction of sp³-hybridized carbons (Fsp3) is 0.353. The van der Waals surface area contributed by atoms with Gasteiger partial charge in [-0.2, -0.15) is 0 Å². The molecule has 2 N–H and O–H groups in total. The monoisotopic (exact) mass is 314 g/mol. The summed E-state index contributed by atoms with van der Waals surface area (Å²) in [6.45, 7) is 7.06. The predicted molar refractivity (Wildman–Crippen MR) is 89.2 cm³/mol. The molecule has 0 spiro atoms. The Labute approximate surface area is 136 Å². The standard InChI is InChI=1S/C17H22N4O2/c1-4-21(5-2)16(22)15-12(3)19-17(18)20-14(15)11-23-13-9-7-6-8-10-13/h6-10H,4-5,11H2,1-3H3,(H2,18,19,20). The van der Waals surface area contributed by atoms with Crippen LogP contribution >= 0.6 is 0 Å². The van der Waals surface area contributed by atoms with E-state index in [0.29, 0.717) is 35.8 Å². The lowest BCUT2D eigenvalue weighted by atomic mass is 10.1. The summed E-state index contributed by atoms with van der Waals surface area (Å²) in [7, 11) is 0. The summed E-state index contributed by atoms with van der Waals surface area (Å²) in [4.78, 5) is 22.8. The first-order valence-electron chi connectivity index (χ1n) is 7.66. The molecule has 1 amide bonds. The second-order valence-corrected chi connectivity index (χ2v) is 5.07. The first kappa shape index (κ1) is 16.7. The Bertz CT molecular complexity index is 670. The molecule has 0 aliphatic heterocycles. The maximum atomic E-state index is 12.7. The first-order valence-corrected chi connectivity index (χ1v) is 7.66. The fourth-order valence-corrected chi connectivity index (χ4v) is 2.38. The molecule has 0 atom stereocenters. The largest absolute Gasteiger partial charge is 0.487 e. The molecule has 0 aliphatic carbocycles. The summed E-state index contributed by atoms with van der Waals surface area (Å²) in [5.74, 6) is 0.757. The van der Waals surface area contributed by atoms with Gasteiger partial charge in [-0.3, -0.25) is 4.79 Å². The highest BCUT2D eigenvalue weighted by Gasteiger charge is 2.22. The van der Waals surface area contributed by atoms with E-state index in [1.54, 1.807) is 11.8 Å². The number of para-hydroxylation sites is 1. The summed E-state index contributed by atoms with van der Waals surface area (Å²) >= 11 is 0. The number of aryl methyl sites for hydroxylation is 1. The van der Waals surface area contributed by atoms with Gasteiger partial charge in [-0.05, 0) is 32.9 Å². The van der Waals surface area contributed by atoms with E-state index in [9.17, 15) is 4.79 Å². The molecular weight excluding hydrogens is 292 g/mol. The van der Waals surface area contributed by atoms with Crippen molar-refractivity contribution in [1.82, 2.24) is 14.9 Å². The van der Waals surface area contributed by atoms with Gasteiger partial charge in [0.25, 0.3) is 5.91 Å². The summed E-state index contributed by atoms with van der Waals surface area (Å²) < 4.78 is 5.72. The molecule has 23 heavy (non-hydrogen) atoms. The normalized spacial score (nSPS) is 10.4. The van der Waals surface area contributed by atoms with E-state index in [1.807, 2.05) is 44.2 Å². The average Bonchev–Trinajstić information content (AvgIpc) is 2.54. The maximum absolute atomic E-state index is 12.7. The molecule has 0 fully saturated rings. The van der Waals surface area contributed by atoms with Crippen molar-refractivity contribution in [3.05, 3.63) is 47.3 Å². The van der Waals surface area contributed by atoms with Gasteiger partial charge in [-0.15, -0.1) is 0 Å². The van der Waals surface area contributed by atoms with Gasteiger partial charge < -0.3 is 15.4 Å². The van der Waals surface area contributed by atoms with E-state index < -0.39 is 0 Å². The molecular formula is C17H22N4O2. The lowest BCUT2D eigenvalue weighted by molar-refractivity contribution is 0.0768. The van der Waals surface area contributed by atoms with Crippen LogP contribution in [0.25, 0.3) is 0 Å². The first-order chi connectivity index (χ1) is 11.1. The number of benzene rings is 1. The Hall–Kier alpha value is -2.63. The van der Waals surface area contributed by atoms with E-state index in [2.05, 4.69) is 9.97 Å². The number of ether oxygens (including phenoxy) is 1. The SMILES string of the molecule is CCN(CC)C(=O)c1c(C)nc(N)nc1COc1ccccc1. The highest BCUT2D eigenvalue weighted by molar-refractivity contribution is 5.96. The van der Waals surface area contributed by atoms with Crippen molar-refractivity contribution < 1.29 is 9.53 Å². The minimum Gasteiger partial charge on any atom is -0.487 e. The van der Waals surface area contributed by atoms with Crippen LogP contribution in [0.5, 0.6) is 5.75 Å². The van der Waals surface area contributed by atoms with Gasteiger partial charge in [0.05, 0.1) is 17.0 Å². The molecule has 122 valence electrons. The van der Waals surface area contributed by atoms with Crippen LogP contribution in [0.3, 0.4) is 0 Å². The number of nitrogens with zero attached hydrogens (tertiary/aromatic N) is 3. The fourth-order valence-electron chi connectivity index (χ4n) is 2.38. The Kier molecular flexibility index (Phi) is 5.51. The molecule has 1 heterocycles. The third-order valence-electron chi connectivity index (χ3n) is 3.57. The number of hydrogen-bond donors (Lipinski definition) is 1. The molecule has 6 nitrogen and oxygen atoms in total. The second kappa shape index (κ2) is 7.58. The molecule has 2 rings (SSSR count). The highest BCUT2D eigenvalue weighted by atomic mass is 16.5. The molecule has 1 aromatic carbocycles. The minimum absolute atomic E-state index is 0.0980. The second-order valence-electron chi connectivity index (χ2n) is 5.07. The van der Waals surface area contributed by atoms with E-state index >= 15 is 0 Å². The number of nitrogen functional groups attached to an aromatic ring is 1. The minimum atomic E-state index is -0.0980. The van der Waals surface area contributed by atoms with Gasteiger partial charge in [0, 0.05) is 13.1 Å². The van der Waals surface area contributed by atoms with Crippen molar-refractivity contribution >= 4 is 11.9 Å². The average molecular weight is 314 g/mol. The van der Waals surface area contributed by atoms with Crippen LogP contribution in [0, 0.1) is 6.92 Å². The Balaban J connectivity index is 2.32. The quantitative estimate of drug-likeness (QED) is 0.885. The number of carbonyl (C=O) groups excluding carboxylic acids is 1. The third-order valence-corrected chi connectivity index (χ3v) is 3.57. The van der Waals surface area contributed by atoms with E-state index in [-0.39, 0.29) is 18.5 Å². The van der Waals surface area contributed by atoms with Crippen LogP contribution in [0.1, 0.15) is 35.6 Å². The zero-order valence-electron chi connectivity index (χ0n) is 13.7. The van der Waals surface area contributed by atoms with Gasteiger partial charge in [0.1, 0.15) is 12.4 Å². The van der Waals surface area contributed by atoms with Crippen LogP contribution in [0.15, 0.2) is 30.3 Å². The van der Waals surface area contributed by atoms with Gasteiger partial charge in [-0.1, -0.05) is 18.2 Å². The van der Waals surface area contributed by atoms with Gasteiger partial charge >= 0.3 is 0 Å². The van der Waals surface area contributed by atoms with Crippen molar-refractivity contribution in [3.8, 4) is 5.75 Å². The molecule has 0 bridgehead atoms. The van der Waals surface area contributed by atoms with Gasteiger partial charge in [0.15, 0.2) is 0 Å². The number of nitrogens with two attached hydrogens (primary N) is 1. The molecule has 0 radical (unpaired) electrons. The predicted octanol–water partition coefficient (Wildman–Crippen LogP) is 2.43. The van der Waals surface area contributed by atoms with Crippen LogP contribution < -0.4 is 10.5 Å². The van der Waals surface area contributed by atoms with Crippen LogP contribution in [0.2, 0.25) is 0 Å². The highest BCUT2D eigenvalue weighted by Crippen LogP contribution is 2.18. The third kappa shape index (κ3) is 3.97. The van der Waals surface area contributed by atoms with Crippen molar-refractivity contribution in [2.24, 2.45) is 0 Å². The van der Waals surface area contributed by atoms with Crippen LogP contribution in [0.4, 0.5) is 5.95 Å². The van der Waals surface area contributed by atoms with Crippen molar-refractivity contribution in [3.63, 3.8) is 0 Å². The van der Waals surface area contributed by atoms with Crippen LogP contribution in [-0.4, -0.2) is 33.9 Å². The Morgan fingerprint density at radius 1 is 1.17 bits per heavy atom. The van der Waals surface area contributed by atoms with Gasteiger partial charge in [0.2, 0.25) is 5.95 Å². The molecule has 0 unspecified atom stereocenters.